The first-order valence-electron chi connectivity index (χ1n) is 22.1. The van der Waals surface area contributed by atoms with Crippen LogP contribution in [-0.2, 0) is 21.8 Å². The molecular weight excluding hydrogens is 757 g/mol. The van der Waals surface area contributed by atoms with Crippen LogP contribution >= 0.6 is 0 Å². The van der Waals surface area contributed by atoms with Gasteiger partial charge in [0.1, 0.15) is 11.5 Å². The summed E-state index contributed by atoms with van der Waals surface area (Å²) in [6.45, 7) is 15.9. The minimum atomic E-state index is -3.31. The molecule has 0 spiro atoms. The summed E-state index contributed by atoms with van der Waals surface area (Å²) in [5.41, 5.74) is 1.15. The Morgan fingerprint density at radius 1 is 0.456 bits per heavy atom. The Kier molecular flexibility index (Phi) is 27.5. The third kappa shape index (κ3) is 21.2. The van der Waals surface area contributed by atoms with Gasteiger partial charge in [-0.1, -0.05) is 78.1 Å². The molecule has 0 heterocycles. The number of nitrogens with one attached hydrogen (secondary N) is 2. The van der Waals surface area contributed by atoms with E-state index in [0.717, 1.165) is 24.3 Å². The molecule has 11 nitrogen and oxygen atoms in total. The van der Waals surface area contributed by atoms with Crippen molar-refractivity contribution in [3.05, 3.63) is 59.7 Å². The first-order chi connectivity index (χ1) is 27.8. The summed E-state index contributed by atoms with van der Waals surface area (Å²) in [4.78, 5) is 26.0. The summed E-state index contributed by atoms with van der Waals surface area (Å²) < 4.78 is 43.9. The van der Waals surface area contributed by atoms with Crippen molar-refractivity contribution in [2.75, 3.05) is 52.7 Å². The molecule has 2 aromatic rings. The summed E-state index contributed by atoms with van der Waals surface area (Å²) in [6, 6.07) is 15.5. The van der Waals surface area contributed by atoms with Crippen LogP contribution in [0.3, 0.4) is 0 Å². The van der Waals surface area contributed by atoms with E-state index in [1.807, 2.05) is 52.0 Å². The number of hydrogen-bond donors (Lipinski definition) is 2. The molecule has 324 valence electrons. The molecule has 0 aliphatic carbocycles. The maximum absolute atomic E-state index is 13.0. The maximum Gasteiger partial charge on any atom is 0.493 e. The zero-order valence-corrected chi connectivity index (χ0v) is 38.3. The highest BCUT2D eigenvalue weighted by Crippen LogP contribution is 2.28. The van der Waals surface area contributed by atoms with E-state index >= 15 is 0 Å². The van der Waals surface area contributed by atoms with Crippen molar-refractivity contribution in [3.63, 3.8) is 0 Å². The van der Waals surface area contributed by atoms with E-state index in [2.05, 4.69) is 24.5 Å². The molecule has 0 aliphatic heterocycles. The summed E-state index contributed by atoms with van der Waals surface area (Å²) >= 11 is 0. The summed E-state index contributed by atoms with van der Waals surface area (Å²) in [5.74, 6) is 1.24. The van der Waals surface area contributed by atoms with Gasteiger partial charge in [0.15, 0.2) is 0 Å². The summed E-state index contributed by atoms with van der Waals surface area (Å²) in [6.07, 6.45) is 15.7. The molecular formula is C44H76N2O9Si2. The topological polar surface area (TPSA) is 123 Å². The molecule has 2 rings (SSSR count). The van der Waals surface area contributed by atoms with Gasteiger partial charge >= 0.3 is 17.6 Å². The number of unbranched alkanes of at least 4 members (excludes halogenated alkanes) is 10. The molecule has 0 saturated heterocycles. The van der Waals surface area contributed by atoms with Crippen molar-refractivity contribution in [3.8, 4) is 11.5 Å². The Labute approximate surface area is 347 Å². The lowest BCUT2D eigenvalue weighted by atomic mass is 10.1. The lowest BCUT2D eigenvalue weighted by Gasteiger charge is -2.38. The lowest BCUT2D eigenvalue weighted by molar-refractivity contribution is 0.0486. The Bertz CT molecular complexity index is 1210. The number of ether oxygens (including phenoxy) is 2. The molecule has 0 unspecified atom stereocenters. The third-order valence-electron chi connectivity index (χ3n) is 9.42. The van der Waals surface area contributed by atoms with Crippen LogP contribution in [-0.4, -0.2) is 82.2 Å². The molecule has 2 aromatic carbocycles. The monoisotopic (exact) mass is 833 g/mol. The average Bonchev–Trinajstić information content (AvgIpc) is 3.21. The molecule has 0 atom stereocenters. The Morgan fingerprint density at radius 3 is 1.12 bits per heavy atom. The molecule has 0 saturated carbocycles. The van der Waals surface area contributed by atoms with Crippen LogP contribution in [0.2, 0.25) is 12.1 Å². The van der Waals surface area contributed by atoms with Gasteiger partial charge in [0, 0.05) is 62.7 Å². The van der Waals surface area contributed by atoms with E-state index in [1.165, 1.54) is 64.2 Å². The van der Waals surface area contributed by atoms with Crippen LogP contribution in [0.5, 0.6) is 11.5 Å². The molecule has 2 N–H and O–H groups in total. The first-order valence-corrected chi connectivity index (χ1v) is 25.9. The van der Waals surface area contributed by atoms with Crippen LogP contribution in [0, 0.1) is 0 Å². The van der Waals surface area contributed by atoms with Crippen LogP contribution in [0.15, 0.2) is 48.5 Å². The van der Waals surface area contributed by atoms with Crippen molar-refractivity contribution in [2.24, 2.45) is 0 Å². The Balaban J connectivity index is 1.90. The van der Waals surface area contributed by atoms with Crippen LogP contribution in [0.4, 0.5) is 0 Å². The molecule has 0 radical (unpaired) electrons. The highest BCUT2D eigenvalue weighted by Gasteiger charge is 2.53. The SMILES string of the molecule is CCCCCCCCOc1ccc(C(=O)NCCC[Si](OCC)(OCC)O[Si](CCCNC(=O)c2ccc(OCCCCCCCC)cc2)(OCC)OCC)cc1. The number of amides is 2. The zero-order chi connectivity index (χ0) is 41.5. The molecule has 57 heavy (non-hydrogen) atoms. The Hall–Kier alpha value is -2.79. The van der Waals surface area contributed by atoms with E-state index in [1.54, 1.807) is 24.3 Å². The molecule has 0 fully saturated rings. The van der Waals surface area contributed by atoms with Gasteiger partial charge in [-0.3, -0.25) is 9.59 Å². The van der Waals surface area contributed by atoms with Gasteiger partial charge in [-0.2, -0.15) is 0 Å². The zero-order valence-electron chi connectivity index (χ0n) is 36.3. The second kappa shape index (κ2) is 31.2. The van der Waals surface area contributed by atoms with Crippen molar-refractivity contribution in [1.29, 1.82) is 0 Å². The van der Waals surface area contributed by atoms with E-state index in [4.69, 9.17) is 31.3 Å². The molecule has 13 heteroatoms. The third-order valence-corrected chi connectivity index (χ3v) is 16.8. The van der Waals surface area contributed by atoms with Crippen molar-refractivity contribution in [1.82, 2.24) is 10.6 Å². The number of rotatable bonds is 36. The summed E-state index contributed by atoms with van der Waals surface area (Å²) in [7, 11) is -6.61. The normalized spacial score (nSPS) is 11.8. The van der Waals surface area contributed by atoms with E-state index in [-0.39, 0.29) is 11.8 Å². The van der Waals surface area contributed by atoms with E-state index in [0.29, 0.717) is 88.8 Å². The lowest BCUT2D eigenvalue weighted by Crippen LogP contribution is -2.59. The van der Waals surface area contributed by atoms with E-state index < -0.39 is 17.6 Å². The Morgan fingerprint density at radius 2 is 0.789 bits per heavy atom. The van der Waals surface area contributed by atoms with Crippen LogP contribution in [0.1, 0.15) is 152 Å². The standard InChI is InChI=1S/C44H76N2O9Si2/c1-7-13-15-17-19-21-35-49-41-29-25-39(26-30-41)43(47)45-33-23-37-56(51-9-3,52-10-4)55-57(53-11-5,54-12-6)38-24-34-46-44(48)40-27-31-42(32-28-40)50-36-22-20-18-16-14-8-2/h25-32H,7-24,33-38H2,1-6H3,(H,45,47)(H,46,48). The fourth-order valence-electron chi connectivity index (χ4n) is 6.48. The highest BCUT2D eigenvalue weighted by molar-refractivity contribution is 6.75. The van der Waals surface area contributed by atoms with Crippen molar-refractivity contribution < 1.29 is 40.9 Å². The smallest absolute Gasteiger partial charge is 0.493 e. The predicted molar refractivity (Wildman–Crippen MR) is 233 cm³/mol. The highest BCUT2D eigenvalue weighted by atomic mass is 28.5. The molecule has 0 aliphatic rings. The fourth-order valence-corrected chi connectivity index (χ4v) is 13.9. The summed E-state index contributed by atoms with van der Waals surface area (Å²) in [5, 5.41) is 6.06. The first kappa shape index (κ1) is 50.4. The second-order valence-electron chi connectivity index (χ2n) is 14.2. The number of carbonyl (C=O) groups is 2. The minimum absolute atomic E-state index is 0.152. The van der Waals surface area contributed by atoms with Gasteiger partial charge in [0.05, 0.1) is 13.2 Å². The minimum Gasteiger partial charge on any atom is -0.494 e. The van der Waals surface area contributed by atoms with Gasteiger partial charge < -0.3 is 41.9 Å². The number of benzene rings is 2. The van der Waals surface area contributed by atoms with Gasteiger partial charge in [0.25, 0.3) is 11.8 Å². The number of carbonyl (C=O) groups excluding carboxylic acids is 2. The van der Waals surface area contributed by atoms with Gasteiger partial charge in [-0.25, -0.2) is 0 Å². The van der Waals surface area contributed by atoms with Crippen LogP contribution in [0.25, 0.3) is 0 Å². The second-order valence-corrected chi connectivity index (χ2v) is 19.9. The number of hydrogen-bond acceptors (Lipinski definition) is 9. The molecule has 0 bridgehead atoms. The molecule has 2 amide bonds. The molecule has 0 aromatic heterocycles. The van der Waals surface area contributed by atoms with Gasteiger partial charge in [-0.15, -0.1) is 0 Å². The maximum atomic E-state index is 13.0. The quantitative estimate of drug-likeness (QED) is 0.0510. The van der Waals surface area contributed by atoms with Gasteiger partial charge in [-0.05, 0) is 102 Å². The van der Waals surface area contributed by atoms with E-state index in [9.17, 15) is 9.59 Å². The average molecular weight is 833 g/mol. The van der Waals surface area contributed by atoms with Crippen molar-refractivity contribution in [2.45, 2.75) is 144 Å². The van der Waals surface area contributed by atoms with Crippen molar-refractivity contribution >= 4 is 29.4 Å². The largest absolute Gasteiger partial charge is 0.494 e. The fraction of sp³-hybridized carbons (Fsp3) is 0.682. The van der Waals surface area contributed by atoms with Gasteiger partial charge in [0.2, 0.25) is 0 Å². The van der Waals surface area contributed by atoms with Crippen LogP contribution < -0.4 is 20.1 Å². The predicted octanol–water partition coefficient (Wildman–Crippen LogP) is 10.1.